The molecule has 96 valence electrons. The highest BCUT2D eigenvalue weighted by atomic mass is 16.5. The van der Waals surface area contributed by atoms with Gasteiger partial charge in [-0.25, -0.2) is 4.98 Å². The van der Waals surface area contributed by atoms with Crippen molar-refractivity contribution < 1.29 is 4.74 Å². The van der Waals surface area contributed by atoms with Crippen LogP contribution < -0.4 is 10.1 Å². The fourth-order valence-corrected chi connectivity index (χ4v) is 1.57. The van der Waals surface area contributed by atoms with E-state index in [-0.39, 0.29) is 0 Å². The fraction of sp³-hybridized carbons (Fsp3) is 0.692. The molecule has 1 aromatic rings. The van der Waals surface area contributed by atoms with Crippen LogP contribution in [0.15, 0.2) is 6.20 Å². The van der Waals surface area contributed by atoms with E-state index < -0.39 is 0 Å². The van der Waals surface area contributed by atoms with Gasteiger partial charge >= 0.3 is 0 Å². The van der Waals surface area contributed by atoms with E-state index in [1.54, 1.807) is 0 Å². The summed E-state index contributed by atoms with van der Waals surface area (Å²) in [6, 6.07) is 0. The second-order valence-corrected chi connectivity index (χ2v) is 4.66. The standard InChI is InChI=1S/C13H23N3O/c1-10(2)6-5-7-17-13-12(8-14-4)9-15-11(3)16-13/h9-10,14H,5-8H2,1-4H3. The topological polar surface area (TPSA) is 47.0 Å². The summed E-state index contributed by atoms with van der Waals surface area (Å²) in [7, 11) is 1.91. The molecule has 0 atom stereocenters. The number of hydrogen-bond donors (Lipinski definition) is 1. The second-order valence-electron chi connectivity index (χ2n) is 4.66. The number of rotatable bonds is 7. The Kier molecular flexibility index (Phi) is 5.91. The first kappa shape index (κ1) is 13.9. The third-order valence-corrected chi connectivity index (χ3v) is 2.48. The third kappa shape index (κ3) is 5.13. The summed E-state index contributed by atoms with van der Waals surface area (Å²) in [6.45, 7) is 7.79. The van der Waals surface area contributed by atoms with Crippen molar-refractivity contribution in [3.8, 4) is 5.88 Å². The molecule has 0 aliphatic heterocycles. The Morgan fingerprint density at radius 3 is 2.82 bits per heavy atom. The van der Waals surface area contributed by atoms with Crippen molar-refractivity contribution in [2.24, 2.45) is 5.92 Å². The molecule has 0 saturated carbocycles. The highest BCUT2D eigenvalue weighted by Gasteiger charge is 2.06. The fourth-order valence-electron chi connectivity index (χ4n) is 1.57. The average Bonchev–Trinajstić information content (AvgIpc) is 2.28. The van der Waals surface area contributed by atoms with Crippen molar-refractivity contribution in [3.05, 3.63) is 17.6 Å². The number of hydrogen-bond acceptors (Lipinski definition) is 4. The average molecular weight is 237 g/mol. The lowest BCUT2D eigenvalue weighted by atomic mass is 10.1. The Morgan fingerprint density at radius 2 is 2.18 bits per heavy atom. The van der Waals surface area contributed by atoms with Crippen LogP contribution >= 0.6 is 0 Å². The maximum atomic E-state index is 5.73. The summed E-state index contributed by atoms with van der Waals surface area (Å²) < 4.78 is 5.73. The van der Waals surface area contributed by atoms with Crippen molar-refractivity contribution in [2.75, 3.05) is 13.7 Å². The largest absolute Gasteiger partial charge is 0.477 e. The van der Waals surface area contributed by atoms with Crippen LogP contribution in [-0.2, 0) is 6.54 Å². The molecule has 1 aromatic heterocycles. The van der Waals surface area contributed by atoms with E-state index in [4.69, 9.17) is 4.74 Å². The molecule has 0 radical (unpaired) electrons. The Hall–Kier alpha value is -1.16. The maximum absolute atomic E-state index is 5.73. The van der Waals surface area contributed by atoms with Gasteiger partial charge in [-0.05, 0) is 32.7 Å². The zero-order valence-corrected chi connectivity index (χ0v) is 11.3. The van der Waals surface area contributed by atoms with E-state index in [2.05, 4.69) is 29.1 Å². The minimum atomic E-state index is 0.718. The first-order valence-corrected chi connectivity index (χ1v) is 6.23. The smallest absolute Gasteiger partial charge is 0.221 e. The van der Waals surface area contributed by atoms with Gasteiger partial charge < -0.3 is 10.1 Å². The van der Waals surface area contributed by atoms with Crippen LogP contribution in [0.25, 0.3) is 0 Å². The lowest BCUT2D eigenvalue weighted by molar-refractivity contribution is 0.282. The quantitative estimate of drug-likeness (QED) is 0.739. The highest BCUT2D eigenvalue weighted by molar-refractivity contribution is 5.23. The minimum absolute atomic E-state index is 0.718. The molecule has 4 nitrogen and oxygen atoms in total. The van der Waals surface area contributed by atoms with Gasteiger partial charge in [0.15, 0.2) is 0 Å². The third-order valence-electron chi connectivity index (χ3n) is 2.48. The van der Waals surface area contributed by atoms with Gasteiger partial charge in [-0.2, -0.15) is 4.98 Å². The van der Waals surface area contributed by atoms with Crippen molar-refractivity contribution in [3.63, 3.8) is 0 Å². The van der Waals surface area contributed by atoms with Gasteiger partial charge in [0.1, 0.15) is 5.82 Å². The van der Waals surface area contributed by atoms with Gasteiger partial charge in [0.2, 0.25) is 5.88 Å². The lowest BCUT2D eigenvalue weighted by Gasteiger charge is -2.11. The Bertz CT molecular complexity index is 339. The molecule has 17 heavy (non-hydrogen) atoms. The Morgan fingerprint density at radius 1 is 1.41 bits per heavy atom. The molecule has 0 amide bonds. The first-order chi connectivity index (χ1) is 8.13. The molecule has 4 heteroatoms. The molecule has 0 aliphatic rings. The molecule has 0 spiro atoms. The predicted molar refractivity (Wildman–Crippen MR) is 69.1 cm³/mol. The number of nitrogens with zero attached hydrogens (tertiary/aromatic N) is 2. The summed E-state index contributed by atoms with van der Waals surface area (Å²) in [5.41, 5.74) is 1.02. The van der Waals surface area contributed by atoms with Crippen LogP contribution in [0.3, 0.4) is 0 Å². The van der Waals surface area contributed by atoms with Crippen LogP contribution in [0.5, 0.6) is 5.88 Å². The summed E-state index contributed by atoms with van der Waals surface area (Å²) in [5, 5.41) is 3.09. The molecule has 0 unspecified atom stereocenters. The van der Waals surface area contributed by atoms with Gasteiger partial charge in [-0.15, -0.1) is 0 Å². The predicted octanol–water partition coefficient (Wildman–Crippen LogP) is 2.32. The molecule has 0 aromatic carbocycles. The monoisotopic (exact) mass is 237 g/mol. The molecular weight excluding hydrogens is 214 g/mol. The summed E-state index contributed by atoms with van der Waals surface area (Å²) >= 11 is 0. The molecule has 1 N–H and O–H groups in total. The van der Waals surface area contributed by atoms with Gasteiger partial charge in [0, 0.05) is 18.3 Å². The molecule has 1 heterocycles. The molecule has 0 aliphatic carbocycles. The zero-order valence-electron chi connectivity index (χ0n) is 11.3. The molecule has 0 saturated heterocycles. The Balaban J connectivity index is 2.52. The number of aryl methyl sites for hydroxylation is 1. The van der Waals surface area contributed by atoms with E-state index in [1.807, 2.05) is 20.2 Å². The van der Waals surface area contributed by atoms with E-state index in [1.165, 1.54) is 6.42 Å². The summed E-state index contributed by atoms with van der Waals surface area (Å²) in [5.74, 6) is 2.20. The molecular formula is C13H23N3O. The maximum Gasteiger partial charge on any atom is 0.221 e. The normalized spacial score (nSPS) is 10.9. The highest BCUT2D eigenvalue weighted by Crippen LogP contribution is 2.15. The van der Waals surface area contributed by atoms with Crippen LogP contribution in [0.4, 0.5) is 0 Å². The first-order valence-electron chi connectivity index (χ1n) is 6.23. The van der Waals surface area contributed by atoms with E-state index in [0.29, 0.717) is 0 Å². The zero-order chi connectivity index (χ0) is 12.7. The molecule has 0 bridgehead atoms. The van der Waals surface area contributed by atoms with E-state index >= 15 is 0 Å². The van der Waals surface area contributed by atoms with E-state index in [9.17, 15) is 0 Å². The van der Waals surface area contributed by atoms with Crippen LogP contribution in [-0.4, -0.2) is 23.6 Å². The van der Waals surface area contributed by atoms with Crippen LogP contribution in [0.2, 0.25) is 0 Å². The summed E-state index contributed by atoms with van der Waals surface area (Å²) in [6.07, 6.45) is 4.09. The molecule has 0 fully saturated rings. The van der Waals surface area contributed by atoms with Crippen molar-refractivity contribution in [2.45, 2.75) is 40.2 Å². The van der Waals surface area contributed by atoms with Crippen molar-refractivity contribution in [1.29, 1.82) is 0 Å². The number of ether oxygens (including phenoxy) is 1. The SMILES string of the molecule is CNCc1cnc(C)nc1OCCCC(C)C. The lowest BCUT2D eigenvalue weighted by Crippen LogP contribution is -2.11. The van der Waals surface area contributed by atoms with Gasteiger partial charge in [0.05, 0.1) is 6.61 Å². The number of nitrogens with one attached hydrogen (secondary N) is 1. The minimum Gasteiger partial charge on any atom is -0.477 e. The van der Waals surface area contributed by atoms with Gasteiger partial charge in [-0.3, -0.25) is 0 Å². The van der Waals surface area contributed by atoms with E-state index in [0.717, 1.165) is 42.8 Å². The van der Waals surface area contributed by atoms with Crippen molar-refractivity contribution >= 4 is 0 Å². The Labute approximate surface area is 104 Å². The van der Waals surface area contributed by atoms with Crippen molar-refractivity contribution in [1.82, 2.24) is 15.3 Å². The van der Waals surface area contributed by atoms with Gasteiger partial charge in [0.25, 0.3) is 0 Å². The second kappa shape index (κ2) is 7.22. The van der Waals surface area contributed by atoms with Crippen LogP contribution in [0, 0.1) is 12.8 Å². The molecule has 1 rings (SSSR count). The van der Waals surface area contributed by atoms with Crippen LogP contribution in [0.1, 0.15) is 38.1 Å². The number of aromatic nitrogens is 2. The summed E-state index contributed by atoms with van der Waals surface area (Å²) in [4.78, 5) is 8.52. The van der Waals surface area contributed by atoms with Gasteiger partial charge in [-0.1, -0.05) is 13.8 Å².